The first-order valence-corrected chi connectivity index (χ1v) is 11.8. The van der Waals surface area contributed by atoms with Crippen LogP contribution >= 0.6 is 11.6 Å². The average Bonchev–Trinajstić information content (AvgIpc) is 3.35. The number of aliphatic imine (C=N–C) groups is 1. The fourth-order valence-corrected chi connectivity index (χ4v) is 4.96. The fraction of sp³-hybridized carbons (Fsp3) is 0.148. The van der Waals surface area contributed by atoms with Crippen molar-refractivity contribution >= 4 is 29.1 Å². The molecule has 0 fully saturated rings. The van der Waals surface area contributed by atoms with Crippen LogP contribution in [0.1, 0.15) is 56.3 Å². The summed E-state index contributed by atoms with van der Waals surface area (Å²) in [4.78, 5) is 31.8. The van der Waals surface area contributed by atoms with Crippen LogP contribution in [-0.2, 0) is 6.54 Å². The van der Waals surface area contributed by atoms with E-state index in [0.29, 0.717) is 50.3 Å². The molecule has 1 unspecified atom stereocenters. The minimum absolute atomic E-state index is 0.133. The first kappa shape index (κ1) is 22.3. The van der Waals surface area contributed by atoms with Crippen molar-refractivity contribution in [1.29, 1.82) is 0 Å². The van der Waals surface area contributed by atoms with Crippen LogP contribution in [-0.4, -0.2) is 43.7 Å². The van der Waals surface area contributed by atoms with Gasteiger partial charge in [0, 0.05) is 28.6 Å². The Labute approximate surface area is 210 Å². The molecule has 0 radical (unpaired) electrons. The van der Waals surface area contributed by atoms with Gasteiger partial charge in [0.25, 0.3) is 11.8 Å². The monoisotopic (exact) mass is 499 g/mol. The Morgan fingerprint density at radius 3 is 2.28 bits per heavy atom. The molecule has 3 heterocycles. The summed E-state index contributed by atoms with van der Waals surface area (Å²) >= 11 is 6.34. The van der Waals surface area contributed by atoms with Crippen molar-refractivity contribution < 1.29 is 14.0 Å². The van der Waals surface area contributed by atoms with Gasteiger partial charge in [0.1, 0.15) is 18.2 Å². The molecule has 3 aromatic carbocycles. The fourth-order valence-electron chi connectivity index (χ4n) is 4.79. The second-order valence-corrected chi connectivity index (χ2v) is 9.22. The zero-order valence-electron chi connectivity index (χ0n) is 19.2. The van der Waals surface area contributed by atoms with E-state index in [0.717, 1.165) is 0 Å². The van der Waals surface area contributed by atoms with Gasteiger partial charge in [0.15, 0.2) is 5.82 Å². The van der Waals surface area contributed by atoms with Gasteiger partial charge in [-0.2, -0.15) is 0 Å². The highest BCUT2D eigenvalue weighted by molar-refractivity contribution is 6.31. The van der Waals surface area contributed by atoms with E-state index >= 15 is 0 Å². The van der Waals surface area contributed by atoms with Crippen LogP contribution in [0.3, 0.4) is 0 Å². The van der Waals surface area contributed by atoms with E-state index in [-0.39, 0.29) is 36.6 Å². The molecule has 178 valence electrons. The molecule has 4 aromatic rings. The number of imide groups is 1. The zero-order chi connectivity index (χ0) is 25.0. The summed E-state index contributed by atoms with van der Waals surface area (Å²) < 4.78 is 16.6. The van der Waals surface area contributed by atoms with Gasteiger partial charge in [-0.15, -0.1) is 10.2 Å². The molecular weight excluding hydrogens is 481 g/mol. The summed E-state index contributed by atoms with van der Waals surface area (Å²) in [5.74, 6) is -0.249. The number of carbonyl (C=O) groups is 2. The summed E-state index contributed by atoms with van der Waals surface area (Å²) in [6.45, 7) is 2.19. The Balaban J connectivity index is 1.41. The van der Waals surface area contributed by atoms with E-state index in [2.05, 4.69) is 15.2 Å². The molecule has 7 nitrogen and oxygen atoms in total. The summed E-state index contributed by atoms with van der Waals surface area (Å²) in [5, 5.41) is 9.24. The van der Waals surface area contributed by atoms with Crippen LogP contribution in [0.4, 0.5) is 4.39 Å². The number of carbonyl (C=O) groups excluding carboxylic acids is 2. The van der Waals surface area contributed by atoms with Gasteiger partial charge < -0.3 is 0 Å². The third kappa shape index (κ3) is 3.45. The largest absolute Gasteiger partial charge is 0.280 e. The quantitative estimate of drug-likeness (QED) is 0.377. The van der Waals surface area contributed by atoms with E-state index < -0.39 is 0 Å². The molecule has 0 saturated heterocycles. The highest BCUT2D eigenvalue weighted by Crippen LogP contribution is 2.32. The summed E-state index contributed by atoms with van der Waals surface area (Å²) in [6, 6.07) is 18.6. The first-order valence-electron chi connectivity index (χ1n) is 11.4. The number of amides is 2. The van der Waals surface area contributed by atoms with Gasteiger partial charge in [0.05, 0.1) is 22.5 Å². The Kier molecular flexibility index (Phi) is 5.26. The van der Waals surface area contributed by atoms with E-state index in [1.54, 1.807) is 54.6 Å². The number of nitrogens with zero attached hydrogens (tertiary/aromatic N) is 5. The Morgan fingerprint density at radius 1 is 0.917 bits per heavy atom. The second-order valence-electron chi connectivity index (χ2n) is 8.78. The predicted molar refractivity (Wildman–Crippen MR) is 132 cm³/mol. The molecule has 1 atom stereocenters. The SMILES string of the molecule is CC(CN1C(=O)c2ccccc2C1=O)c1nnc2n1-c1ccc(Cl)cc1C(c1ccccc1F)=NC2. The minimum Gasteiger partial charge on any atom is -0.280 e. The van der Waals surface area contributed by atoms with Crippen molar-refractivity contribution in [2.24, 2.45) is 4.99 Å². The third-order valence-electron chi connectivity index (χ3n) is 6.49. The van der Waals surface area contributed by atoms with Crippen molar-refractivity contribution in [2.75, 3.05) is 6.54 Å². The van der Waals surface area contributed by atoms with Crippen LogP contribution in [0.5, 0.6) is 0 Å². The lowest BCUT2D eigenvalue weighted by Gasteiger charge is -2.21. The van der Waals surface area contributed by atoms with Gasteiger partial charge in [-0.25, -0.2) is 4.39 Å². The molecule has 2 amide bonds. The van der Waals surface area contributed by atoms with E-state index in [4.69, 9.17) is 11.6 Å². The van der Waals surface area contributed by atoms with Crippen LogP contribution < -0.4 is 0 Å². The second kappa shape index (κ2) is 8.49. The number of fused-ring (bicyclic) bond motifs is 4. The molecule has 0 N–H and O–H groups in total. The summed E-state index contributed by atoms with van der Waals surface area (Å²) in [5.41, 5.74) is 2.97. The topological polar surface area (TPSA) is 80.5 Å². The standard InChI is InChI=1S/C27H19ClFN5O2/c1-15(14-33-26(35)17-6-2-3-7-18(17)27(33)36)25-32-31-23-13-30-24(19-8-4-5-9-21(19)29)20-12-16(28)10-11-22(20)34(23)25/h2-12,15H,13-14H2,1H3. The Morgan fingerprint density at radius 2 is 1.58 bits per heavy atom. The molecular formula is C27H19ClFN5O2. The average molecular weight is 500 g/mol. The maximum atomic E-state index is 14.8. The molecule has 0 saturated carbocycles. The molecule has 0 spiro atoms. The highest BCUT2D eigenvalue weighted by atomic mass is 35.5. The van der Waals surface area contributed by atoms with E-state index in [9.17, 15) is 14.0 Å². The molecule has 2 aliphatic heterocycles. The van der Waals surface area contributed by atoms with Gasteiger partial charge in [-0.3, -0.25) is 24.0 Å². The van der Waals surface area contributed by atoms with Gasteiger partial charge >= 0.3 is 0 Å². The molecule has 36 heavy (non-hydrogen) atoms. The lowest BCUT2D eigenvalue weighted by Crippen LogP contribution is -2.34. The van der Waals surface area contributed by atoms with E-state index in [1.807, 2.05) is 17.6 Å². The Bertz CT molecular complexity index is 1560. The van der Waals surface area contributed by atoms with Crippen molar-refractivity contribution in [1.82, 2.24) is 19.7 Å². The minimum atomic E-state index is -0.390. The molecule has 1 aromatic heterocycles. The van der Waals surface area contributed by atoms with Gasteiger partial charge in [-0.1, -0.05) is 42.8 Å². The van der Waals surface area contributed by atoms with E-state index in [1.165, 1.54) is 11.0 Å². The van der Waals surface area contributed by atoms with Crippen LogP contribution in [0.15, 0.2) is 71.7 Å². The predicted octanol–water partition coefficient (Wildman–Crippen LogP) is 4.81. The maximum absolute atomic E-state index is 14.8. The van der Waals surface area contributed by atoms with Crippen molar-refractivity contribution in [3.8, 4) is 5.69 Å². The summed E-state index contributed by atoms with van der Waals surface area (Å²) in [6.07, 6.45) is 0. The van der Waals surface area contributed by atoms with Gasteiger partial charge in [-0.05, 0) is 42.5 Å². The van der Waals surface area contributed by atoms with Crippen molar-refractivity contribution in [3.05, 3.63) is 111 Å². The number of aromatic nitrogens is 3. The molecule has 9 heteroatoms. The molecule has 0 aliphatic carbocycles. The number of halogens is 2. The lowest BCUT2D eigenvalue weighted by atomic mass is 9.99. The number of hydrogen-bond donors (Lipinski definition) is 0. The molecule has 0 bridgehead atoms. The normalized spacial score (nSPS) is 15.2. The highest BCUT2D eigenvalue weighted by Gasteiger charge is 2.37. The van der Waals surface area contributed by atoms with Crippen LogP contribution in [0.2, 0.25) is 5.02 Å². The van der Waals surface area contributed by atoms with Crippen LogP contribution in [0, 0.1) is 5.82 Å². The van der Waals surface area contributed by atoms with Crippen molar-refractivity contribution in [2.45, 2.75) is 19.4 Å². The number of rotatable bonds is 4. The Hall–Kier alpha value is -4.17. The third-order valence-corrected chi connectivity index (χ3v) is 6.73. The van der Waals surface area contributed by atoms with Gasteiger partial charge in [0.2, 0.25) is 0 Å². The first-order chi connectivity index (χ1) is 17.4. The molecule has 6 rings (SSSR count). The molecule has 2 aliphatic rings. The number of hydrogen-bond acceptors (Lipinski definition) is 5. The maximum Gasteiger partial charge on any atom is 0.261 e. The summed E-state index contributed by atoms with van der Waals surface area (Å²) in [7, 11) is 0. The smallest absolute Gasteiger partial charge is 0.261 e. The lowest BCUT2D eigenvalue weighted by molar-refractivity contribution is 0.0645. The van der Waals surface area contributed by atoms with Crippen LogP contribution in [0.25, 0.3) is 5.69 Å². The number of benzene rings is 3. The zero-order valence-corrected chi connectivity index (χ0v) is 19.9. The van der Waals surface area contributed by atoms with Crippen molar-refractivity contribution in [3.63, 3.8) is 0 Å².